The molecule has 1 fully saturated rings. The lowest BCUT2D eigenvalue weighted by atomic mass is 9.51. The highest BCUT2D eigenvalue weighted by Gasteiger charge is 2.55. The number of hydrogen-bond donors (Lipinski definition) is 1. The van der Waals surface area contributed by atoms with Crippen molar-refractivity contribution >= 4 is 5.97 Å². The van der Waals surface area contributed by atoms with Gasteiger partial charge in [0.05, 0.1) is 5.41 Å². The average Bonchev–Trinajstić information content (AvgIpc) is 2.26. The Morgan fingerprint density at radius 3 is 2.56 bits per heavy atom. The van der Waals surface area contributed by atoms with E-state index in [4.69, 9.17) is 0 Å². The van der Waals surface area contributed by atoms with Crippen molar-refractivity contribution < 1.29 is 9.90 Å². The number of carbonyl (C=O) groups is 1. The van der Waals surface area contributed by atoms with Crippen LogP contribution in [0.5, 0.6) is 0 Å². The first-order chi connectivity index (χ1) is 8.38. The first kappa shape index (κ1) is 15.3. The first-order valence-electron chi connectivity index (χ1n) is 7.27. The van der Waals surface area contributed by atoms with Crippen LogP contribution in [0.3, 0.4) is 0 Å². The van der Waals surface area contributed by atoms with E-state index in [1.54, 1.807) is 0 Å². The summed E-state index contributed by atoms with van der Waals surface area (Å²) in [5.74, 6) is -0.321. The standard InChI is InChI=1S/C16H28O2/c1-5-6-7-8-12-16(14(17)18)13(2)10-9-11-15(16,3)4/h6-7,13H,5,8-12H2,1-4H3,(H,17,18)/t13-,16-/m0/s1. The van der Waals surface area contributed by atoms with Crippen LogP contribution in [-0.2, 0) is 4.79 Å². The zero-order valence-electron chi connectivity index (χ0n) is 12.3. The van der Waals surface area contributed by atoms with Gasteiger partial charge in [0.25, 0.3) is 0 Å². The SMILES string of the molecule is CCC=CCC[C@@]1(C(=O)O)[C@@H](C)CCCC1(C)C. The van der Waals surface area contributed by atoms with Gasteiger partial charge in [-0.1, -0.05) is 46.3 Å². The van der Waals surface area contributed by atoms with Crippen LogP contribution in [0.4, 0.5) is 0 Å². The highest BCUT2D eigenvalue weighted by atomic mass is 16.4. The molecule has 1 aliphatic rings. The first-order valence-corrected chi connectivity index (χ1v) is 7.27. The summed E-state index contributed by atoms with van der Waals surface area (Å²) in [5.41, 5.74) is -0.653. The zero-order chi connectivity index (χ0) is 13.8. The molecule has 1 saturated carbocycles. The molecule has 0 spiro atoms. The summed E-state index contributed by atoms with van der Waals surface area (Å²) >= 11 is 0. The largest absolute Gasteiger partial charge is 0.481 e. The second-order valence-corrected chi connectivity index (χ2v) is 6.37. The lowest BCUT2D eigenvalue weighted by Gasteiger charge is -2.51. The third-order valence-electron chi connectivity index (χ3n) is 4.98. The molecule has 2 heteroatoms. The van der Waals surface area contributed by atoms with Crippen molar-refractivity contribution in [1.82, 2.24) is 0 Å². The fourth-order valence-corrected chi connectivity index (χ4v) is 3.77. The van der Waals surface area contributed by atoms with Gasteiger partial charge >= 0.3 is 5.97 Å². The molecule has 104 valence electrons. The van der Waals surface area contributed by atoms with Gasteiger partial charge in [0.1, 0.15) is 0 Å². The van der Waals surface area contributed by atoms with Gasteiger partial charge in [0.15, 0.2) is 0 Å². The molecule has 0 amide bonds. The summed E-state index contributed by atoms with van der Waals surface area (Å²) in [5, 5.41) is 9.83. The number of rotatable bonds is 5. The van der Waals surface area contributed by atoms with Crippen molar-refractivity contribution in [2.45, 2.75) is 66.2 Å². The monoisotopic (exact) mass is 252 g/mol. The fourth-order valence-electron chi connectivity index (χ4n) is 3.77. The molecule has 0 heterocycles. The average molecular weight is 252 g/mol. The lowest BCUT2D eigenvalue weighted by molar-refractivity contribution is -0.168. The van der Waals surface area contributed by atoms with E-state index < -0.39 is 11.4 Å². The van der Waals surface area contributed by atoms with Crippen molar-refractivity contribution in [3.05, 3.63) is 12.2 Å². The maximum atomic E-state index is 11.9. The number of aliphatic carboxylic acids is 1. The van der Waals surface area contributed by atoms with Gasteiger partial charge in [0, 0.05) is 0 Å². The summed E-state index contributed by atoms with van der Waals surface area (Å²) in [6.07, 6.45) is 10.2. The van der Waals surface area contributed by atoms with Crippen molar-refractivity contribution in [1.29, 1.82) is 0 Å². The Kier molecular flexibility index (Phi) is 5.01. The van der Waals surface area contributed by atoms with Crippen molar-refractivity contribution in [2.24, 2.45) is 16.7 Å². The molecule has 0 unspecified atom stereocenters. The second kappa shape index (κ2) is 5.90. The van der Waals surface area contributed by atoms with E-state index in [-0.39, 0.29) is 11.3 Å². The quantitative estimate of drug-likeness (QED) is 0.723. The zero-order valence-corrected chi connectivity index (χ0v) is 12.3. The predicted octanol–water partition coefficient (Wildman–Crippen LogP) is 4.65. The molecule has 0 aromatic heterocycles. The molecule has 2 nitrogen and oxygen atoms in total. The van der Waals surface area contributed by atoms with Crippen LogP contribution in [0.15, 0.2) is 12.2 Å². The highest BCUT2D eigenvalue weighted by Crippen LogP contribution is 2.56. The van der Waals surface area contributed by atoms with E-state index in [1.807, 2.05) is 0 Å². The Labute approximate surface area is 111 Å². The van der Waals surface area contributed by atoms with Gasteiger partial charge in [-0.2, -0.15) is 0 Å². The van der Waals surface area contributed by atoms with Gasteiger partial charge in [0.2, 0.25) is 0 Å². The Morgan fingerprint density at radius 2 is 2.06 bits per heavy atom. The number of carboxylic acid groups (broad SMARTS) is 1. The van der Waals surface area contributed by atoms with Gasteiger partial charge in [-0.3, -0.25) is 4.79 Å². The Balaban J connectivity index is 2.95. The minimum Gasteiger partial charge on any atom is -0.481 e. The van der Waals surface area contributed by atoms with Crippen molar-refractivity contribution in [3.8, 4) is 0 Å². The lowest BCUT2D eigenvalue weighted by Crippen LogP contribution is -2.51. The molecule has 2 atom stereocenters. The molecule has 1 rings (SSSR count). The van der Waals surface area contributed by atoms with E-state index >= 15 is 0 Å². The molecule has 0 aliphatic heterocycles. The van der Waals surface area contributed by atoms with Gasteiger partial charge < -0.3 is 5.11 Å². The molecular weight excluding hydrogens is 224 g/mol. The van der Waals surface area contributed by atoms with E-state index in [2.05, 4.69) is 39.8 Å². The van der Waals surface area contributed by atoms with Gasteiger partial charge in [-0.05, 0) is 43.4 Å². The van der Waals surface area contributed by atoms with E-state index in [1.165, 1.54) is 0 Å². The maximum Gasteiger partial charge on any atom is 0.310 e. The van der Waals surface area contributed by atoms with Gasteiger partial charge in [-0.25, -0.2) is 0 Å². The molecule has 18 heavy (non-hydrogen) atoms. The number of carboxylic acids is 1. The van der Waals surface area contributed by atoms with Crippen LogP contribution < -0.4 is 0 Å². The molecule has 0 radical (unpaired) electrons. The Hall–Kier alpha value is -0.790. The predicted molar refractivity (Wildman–Crippen MR) is 75.5 cm³/mol. The summed E-state index contributed by atoms with van der Waals surface area (Å²) in [7, 11) is 0. The Bertz CT molecular complexity index is 317. The third-order valence-corrected chi connectivity index (χ3v) is 4.98. The maximum absolute atomic E-state index is 11.9. The number of hydrogen-bond acceptors (Lipinski definition) is 1. The topological polar surface area (TPSA) is 37.3 Å². The second-order valence-electron chi connectivity index (χ2n) is 6.37. The summed E-state index contributed by atoms with van der Waals surface area (Å²) in [6, 6.07) is 0. The van der Waals surface area contributed by atoms with E-state index in [9.17, 15) is 9.90 Å². The summed E-state index contributed by atoms with van der Waals surface area (Å²) in [4.78, 5) is 11.9. The number of allylic oxidation sites excluding steroid dienone is 2. The highest BCUT2D eigenvalue weighted by molar-refractivity contribution is 5.76. The summed E-state index contributed by atoms with van der Waals surface area (Å²) < 4.78 is 0. The molecular formula is C16H28O2. The smallest absolute Gasteiger partial charge is 0.310 e. The summed E-state index contributed by atoms with van der Waals surface area (Å²) in [6.45, 7) is 8.51. The van der Waals surface area contributed by atoms with Crippen molar-refractivity contribution in [2.75, 3.05) is 0 Å². The minimum atomic E-state index is -0.593. The molecule has 0 aromatic rings. The van der Waals surface area contributed by atoms with Crippen molar-refractivity contribution in [3.63, 3.8) is 0 Å². The normalized spacial score (nSPS) is 31.7. The van der Waals surface area contributed by atoms with Crippen LogP contribution in [0.2, 0.25) is 0 Å². The van der Waals surface area contributed by atoms with Crippen LogP contribution in [-0.4, -0.2) is 11.1 Å². The van der Waals surface area contributed by atoms with Crippen LogP contribution >= 0.6 is 0 Å². The molecule has 1 aliphatic carbocycles. The van der Waals surface area contributed by atoms with Gasteiger partial charge in [-0.15, -0.1) is 0 Å². The molecule has 0 saturated heterocycles. The Morgan fingerprint density at radius 1 is 1.39 bits per heavy atom. The van der Waals surface area contributed by atoms with Crippen LogP contribution in [0.1, 0.15) is 66.2 Å². The van der Waals surface area contributed by atoms with E-state index in [0.29, 0.717) is 0 Å². The minimum absolute atomic E-state index is 0.101. The van der Waals surface area contributed by atoms with Crippen LogP contribution in [0.25, 0.3) is 0 Å². The fraction of sp³-hybridized carbons (Fsp3) is 0.812. The molecule has 0 aromatic carbocycles. The third kappa shape index (κ3) is 2.62. The molecule has 0 bridgehead atoms. The van der Waals surface area contributed by atoms with E-state index in [0.717, 1.165) is 38.5 Å². The molecule has 1 N–H and O–H groups in total. The van der Waals surface area contributed by atoms with Crippen LogP contribution in [0, 0.1) is 16.7 Å².